The van der Waals surface area contributed by atoms with E-state index < -0.39 is 5.97 Å². The number of Topliss-reactive ketones (excluding diaryl/α,β-unsaturated/α-hetero) is 1. The van der Waals surface area contributed by atoms with Crippen molar-refractivity contribution in [1.82, 2.24) is 0 Å². The second-order valence-electron chi connectivity index (χ2n) is 9.93. The fourth-order valence-electron chi connectivity index (χ4n) is 4.03. The van der Waals surface area contributed by atoms with E-state index in [0.29, 0.717) is 17.4 Å². The van der Waals surface area contributed by atoms with Gasteiger partial charge in [-0.15, -0.1) is 0 Å². The van der Waals surface area contributed by atoms with Crippen LogP contribution in [0.2, 0.25) is 0 Å². The molecule has 30 heavy (non-hydrogen) atoms. The van der Waals surface area contributed by atoms with E-state index in [-0.39, 0.29) is 30.5 Å². The van der Waals surface area contributed by atoms with Gasteiger partial charge in [0.15, 0.2) is 0 Å². The Balaban J connectivity index is 0. The summed E-state index contributed by atoms with van der Waals surface area (Å²) < 4.78 is 0.628. The fraction of sp³-hybridized carbons (Fsp3) is 0.920. The molecule has 0 spiro atoms. The minimum Gasteiger partial charge on any atom is -1.00 e. The van der Waals surface area contributed by atoms with Crippen molar-refractivity contribution in [2.75, 3.05) is 27.7 Å². The first-order chi connectivity index (χ1) is 13.8. The molecular weight excluding hydrogens is 398 g/mol. The van der Waals surface area contributed by atoms with E-state index in [4.69, 9.17) is 5.11 Å². The average molecular weight is 448 g/mol. The number of quaternary nitrogens is 1. The van der Waals surface area contributed by atoms with Crippen molar-refractivity contribution in [3.05, 3.63) is 0 Å². The summed E-state index contributed by atoms with van der Waals surface area (Å²) in [5.41, 5.74) is 0. The number of carbonyl (C=O) groups excluding carboxylic acids is 1. The highest BCUT2D eigenvalue weighted by Gasteiger charge is 2.27. The van der Waals surface area contributed by atoms with Gasteiger partial charge in [-0.3, -0.25) is 9.59 Å². The molecule has 1 unspecified atom stereocenters. The van der Waals surface area contributed by atoms with Crippen molar-refractivity contribution in [3.63, 3.8) is 0 Å². The van der Waals surface area contributed by atoms with E-state index in [1.165, 1.54) is 83.5 Å². The summed E-state index contributed by atoms with van der Waals surface area (Å²) in [6.07, 6.45) is 20.2. The molecule has 4 nitrogen and oxygen atoms in total. The standard InChI is InChI=1S/C25H49NO3.ClH/c1-5-6-7-8-9-10-11-12-13-14-15-16-17-18-19-20-24(27)23(21-25(28)29)22-26(2,3)4;/h23H,5-22H2,1-4H3;1H. The van der Waals surface area contributed by atoms with Crippen molar-refractivity contribution >= 4 is 11.8 Å². The molecule has 0 saturated heterocycles. The minimum atomic E-state index is -0.867. The predicted octanol–water partition coefficient (Wildman–Crippen LogP) is 3.62. The lowest BCUT2D eigenvalue weighted by molar-refractivity contribution is -0.872. The van der Waals surface area contributed by atoms with Gasteiger partial charge in [0, 0.05) is 6.42 Å². The van der Waals surface area contributed by atoms with Crippen LogP contribution < -0.4 is 12.4 Å². The van der Waals surface area contributed by atoms with E-state index in [2.05, 4.69) is 6.92 Å². The van der Waals surface area contributed by atoms with Crippen LogP contribution >= 0.6 is 0 Å². The fourth-order valence-corrected chi connectivity index (χ4v) is 4.03. The Morgan fingerprint density at radius 3 is 1.40 bits per heavy atom. The molecule has 0 radical (unpaired) electrons. The second-order valence-corrected chi connectivity index (χ2v) is 9.93. The van der Waals surface area contributed by atoms with Gasteiger partial charge in [0.25, 0.3) is 0 Å². The first-order valence-electron chi connectivity index (χ1n) is 12.3. The first-order valence-corrected chi connectivity index (χ1v) is 12.3. The molecule has 0 saturated carbocycles. The monoisotopic (exact) mass is 447 g/mol. The molecule has 0 aromatic heterocycles. The highest BCUT2D eigenvalue weighted by Crippen LogP contribution is 2.16. The van der Waals surface area contributed by atoms with Crippen LogP contribution in [0.25, 0.3) is 0 Å². The SMILES string of the molecule is CCCCCCCCCCCCCCCCCC(=O)C(CC(=O)O)C[N+](C)(C)C.[Cl-]. The number of carboxylic acids is 1. The molecular formula is C25H50ClNO3. The van der Waals surface area contributed by atoms with Crippen LogP contribution in [0.4, 0.5) is 0 Å². The summed E-state index contributed by atoms with van der Waals surface area (Å²) in [5.74, 6) is -1.08. The molecule has 1 atom stereocenters. The zero-order valence-electron chi connectivity index (χ0n) is 20.4. The number of carboxylic acid groups (broad SMARTS) is 1. The summed E-state index contributed by atoms with van der Waals surface area (Å²) in [6.45, 7) is 2.87. The van der Waals surface area contributed by atoms with Gasteiger partial charge in [0.2, 0.25) is 0 Å². The normalized spacial score (nSPS) is 12.4. The van der Waals surface area contributed by atoms with Gasteiger partial charge >= 0.3 is 5.97 Å². The summed E-state index contributed by atoms with van der Waals surface area (Å²) in [7, 11) is 6.03. The zero-order chi connectivity index (χ0) is 22.0. The third-order valence-electron chi connectivity index (χ3n) is 5.67. The quantitative estimate of drug-likeness (QED) is 0.216. The molecule has 0 aromatic carbocycles. The Kier molecular flexibility index (Phi) is 21.4. The number of aliphatic carboxylic acids is 1. The second kappa shape index (κ2) is 20.3. The van der Waals surface area contributed by atoms with Gasteiger partial charge < -0.3 is 22.0 Å². The highest BCUT2D eigenvalue weighted by atomic mass is 35.5. The molecule has 0 fully saturated rings. The number of halogens is 1. The molecule has 180 valence electrons. The molecule has 0 bridgehead atoms. The third-order valence-corrected chi connectivity index (χ3v) is 5.67. The van der Waals surface area contributed by atoms with Crippen LogP contribution in [0.15, 0.2) is 0 Å². The van der Waals surface area contributed by atoms with Gasteiger partial charge in [-0.2, -0.15) is 0 Å². The summed E-state index contributed by atoms with van der Waals surface area (Å²) in [6, 6.07) is 0. The summed E-state index contributed by atoms with van der Waals surface area (Å²) in [5, 5.41) is 9.07. The molecule has 0 heterocycles. The summed E-state index contributed by atoms with van der Waals surface area (Å²) >= 11 is 0. The molecule has 0 aliphatic rings. The number of unbranched alkanes of at least 4 members (excludes halogenated alkanes) is 14. The van der Waals surface area contributed by atoms with Crippen molar-refractivity contribution in [2.45, 2.75) is 116 Å². The predicted molar refractivity (Wildman–Crippen MR) is 123 cm³/mol. The Morgan fingerprint density at radius 1 is 0.700 bits per heavy atom. The number of carbonyl (C=O) groups is 2. The van der Waals surface area contributed by atoms with Gasteiger partial charge in [-0.1, -0.05) is 96.8 Å². The molecule has 1 N–H and O–H groups in total. The van der Waals surface area contributed by atoms with E-state index in [1.807, 2.05) is 21.1 Å². The van der Waals surface area contributed by atoms with Crippen molar-refractivity contribution in [2.24, 2.45) is 5.92 Å². The van der Waals surface area contributed by atoms with Gasteiger partial charge in [-0.05, 0) is 6.42 Å². The van der Waals surface area contributed by atoms with Crippen LogP contribution in [0.5, 0.6) is 0 Å². The topological polar surface area (TPSA) is 54.4 Å². The maximum Gasteiger partial charge on any atom is 0.304 e. The lowest BCUT2D eigenvalue weighted by Gasteiger charge is -2.28. The van der Waals surface area contributed by atoms with Crippen LogP contribution in [-0.4, -0.2) is 49.0 Å². The van der Waals surface area contributed by atoms with Crippen LogP contribution in [0, 0.1) is 5.92 Å². The van der Waals surface area contributed by atoms with E-state index >= 15 is 0 Å². The smallest absolute Gasteiger partial charge is 0.304 e. The zero-order valence-corrected chi connectivity index (χ0v) is 21.2. The molecule has 0 amide bonds. The minimum absolute atomic E-state index is 0. The molecule has 0 aliphatic heterocycles. The molecule has 0 aromatic rings. The Bertz CT molecular complexity index is 421. The van der Waals surface area contributed by atoms with Gasteiger partial charge in [0.05, 0.1) is 40.0 Å². The third kappa shape index (κ3) is 22.1. The van der Waals surface area contributed by atoms with Crippen LogP contribution in [-0.2, 0) is 9.59 Å². The van der Waals surface area contributed by atoms with Crippen molar-refractivity contribution < 1.29 is 31.6 Å². The maximum absolute atomic E-state index is 12.4. The van der Waals surface area contributed by atoms with Crippen LogP contribution in [0.1, 0.15) is 116 Å². The summed E-state index contributed by atoms with van der Waals surface area (Å²) in [4.78, 5) is 23.5. The van der Waals surface area contributed by atoms with Gasteiger partial charge in [-0.25, -0.2) is 0 Å². The van der Waals surface area contributed by atoms with E-state index in [1.54, 1.807) is 0 Å². The highest BCUT2D eigenvalue weighted by molar-refractivity contribution is 5.85. The largest absolute Gasteiger partial charge is 1.00 e. The number of hydrogen-bond acceptors (Lipinski definition) is 2. The first kappa shape index (κ1) is 31.6. The number of nitrogens with zero attached hydrogens (tertiary/aromatic N) is 1. The number of ketones is 1. The lowest BCUT2D eigenvalue weighted by Crippen LogP contribution is -3.00. The Morgan fingerprint density at radius 2 is 1.07 bits per heavy atom. The lowest BCUT2D eigenvalue weighted by atomic mass is 9.94. The van der Waals surface area contributed by atoms with Gasteiger partial charge in [0.1, 0.15) is 5.78 Å². The molecule has 0 rings (SSSR count). The Labute approximate surface area is 193 Å². The molecule has 5 heteroatoms. The van der Waals surface area contributed by atoms with Crippen molar-refractivity contribution in [3.8, 4) is 0 Å². The average Bonchev–Trinajstić information content (AvgIpc) is 2.62. The number of hydrogen-bond donors (Lipinski definition) is 1. The van der Waals surface area contributed by atoms with Crippen LogP contribution in [0.3, 0.4) is 0 Å². The van der Waals surface area contributed by atoms with Crippen molar-refractivity contribution in [1.29, 1.82) is 0 Å². The van der Waals surface area contributed by atoms with E-state index in [0.717, 1.165) is 12.8 Å². The maximum atomic E-state index is 12.4. The number of rotatable bonds is 21. The molecule has 0 aliphatic carbocycles. The van der Waals surface area contributed by atoms with E-state index in [9.17, 15) is 9.59 Å². The Hall–Kier alpha value is -0.610.